The summed E-state index contributed by atoms with van der Waals surface area (Å²) in [7, 11) is 0. The van der Waals surface area contributed by atoms with Crippen molar-refractivity contribution in [1.82, 2.24) is 20.1 Å². The van der Waals surface area contributed by atoms with Gasteiger partial charge in [0.05, 0.1) is 5.69 Å². The van der Waals surface area contributed by atoms with Crippen LogP contribution in [-0.4, -0.2) is 26.2 Å². The van der Waals surface area contributed by atoms with E-state index in [1.807, 2.05) is 69.3 Å². The Bertz CT molecular complexity index is 776. The number of rotatable bonds is 3. The fourth-order valence-corrected chi connectivity index (χ4v) is 2.36. The molecule has 1 aromatic carbocycles. The molecule has 0 saturated heterocycles. The summed E-state index contributed by atoms with van der Waals surface area (Å²) in [6.07, 6.45) is 1.71. The van der Waals surface area contributed by atoms with Crippen LogP contribution in [0.15, 0.2) is 60.8 Å². The molecule has 24 heavy (non-hydrogen) atoms. The van der Waals surface area contributed by atoms with Crippen LogP contribution < -0.4 is 5.32 Å². The van der Waals surface area contributed by atoms with E-state index in [9.17, 15) is 4.79 Å². The number of aromatic nitrogens is 3. The molecule has 1 N–H and O–H groups in total. The van der Waals surface area contributed by atoms with Crippen LogP contribution in [-0.2, 0) is 0 Å². The average molecular weight is 320 g/mol. The summed E-state index contributed by atoms with van der Waals surface area (Å²) in [6, 6.07) is 17.3. The molecule has 122 valence electrons. The first-order valence-corrected chi connectivity index (χ1v) is 7.83. The molecule has 0 bridgehead atoms. The molecule has 0 saturated carbocycles. The highest BCUT2D eigenvalue weighted by Crippen LogP contribution is 2.23. The summed E-state index contributed by atoms with van der Waals surface area (Å²) in [6.45, 7) is 5.83. The molecule has 0 aliphatic heterocycles. The van der Waals surface area contributed by atoms with Gasteiger partial charge in [-0.15, -0.1) is 0 Å². The van der Waals surface area contributed by atoms with E-state index in [-0.39, 0.29) is 11.4 Å². The first-order valence-electron chi connectivity index (χ1n) is 7.83. The number of pyridine rings is 1. The molecule has 5 heteroatoms. The fraction of sp³-hybridized carbons (Fsp3) is 0.211. The molecule has 0 radical (unpaired) electrons. The van der Waals surface area contributed by atoms with Gasteiger partial charge >= 0.3 is 0 Å². The Labute approximate surface area is 141 Å². The molecule has 2 heterocycles. The van der Waals surface area contributed by atoms with Gasteiger partial charge in [0, 0.05) is 17.3 Å². The van der Waals surface area contributed by atoms with Crippen LogP contribution in [0.4, 0.5) is 0 Å². The Kier molecular flexibility index (Phi) is 4.16. The molecule has 0 aliphatic rings. The zero-order valence-corrected chi connectivity index (χ0v) is 14.0. The second kappa shape index (κ2) is 6.28. The number of benzene rings is 1. The normalized spacial score (nSPS) is 11.3. The van der Waals surface area contributed by atoms with Crippen molar-refractivity contribution in [3.63, 3.8) is 0 Å². The van der Waals surface area contributed by atoms with Crippen molar-refractivity contribution in [2.75, 3.05) is 0 Å². The highest BCUT2D eigenvalue weighted by molar-refractivity contribution is 5.94. The van der Waals surface area contributed by atoms with E-state index < -0.39 is 0 Å². The number of amides is 1. The van der Waals surface area contributed by atoms with Gasteiger partial charge < -0.3 is 5.32 Å². The van der Waals surface area contributed by atoms with Crippen molar-refractivity contribution in [2.45, 2.75) is 26.3 Å². The van der Waals surface area contributed by atoms with Crippen molar-refractivity contribution >= 4 is 5.91 Å². The average Bonchev–Trinajstić information content (AvgIpc) is 3.00. The SMILES string of the molecule is CC(C)(C)NC(=O)c1cc(-c2ccccc2)n(-c2ccccn2)n1. The second-order valence-corrected chi connectivity index (χ2v) is 6.58. The third-order valence-corrected chi connectivity index (χ3v) is 3.37. The minimum absolute atomic E-state index is 0.200. The van der Waals surface area contributed by atoms with Crippen molar-refractivity contribution in [3.05, 3.63) is 66.5 Å². The Morgan fingerprint density at radius 1 is 1.04 bits per heavy atom. The van der Waals surface area contributed by atoms with Gasteiger partial charge in [-0.05, 0) is 39.0 Å². The van der Waals surface area contributed by atoms with Crippen molar-refractivity contribution in [1.29, 1.82) is 0 Å². The number of hydrogen-bond acceptors (Lipinski definition) is 3. The van der Waals surface area contributed by atoms with Gasteiger partial charge in [-0.1, -0.05) is 36.4 Å². The third-order valence-electron chi connectivity index (χ3n) is 3.37. The highest BCUT2D eigenvalue weighted by atomic mass is 16.2. The van der Waals surface area contributed by atoms with Crippen LogP contribution in [0.3, 0.4) is 0 Å². The smallest absolute Gasteiger partial charge is 0.272 e. The van der Waals surface area contributed by atoms with Gasteiger partial charge in [0.25, 0.3) is 5.91 Å². The number of hydrogen-bond donors (Lipinski definition) is 1. The Hall–Kier alpha value is -2.95. The molecule has 1 amide bonds. The minimum atomic E-state index is -0.321. The molecule has 3 aromatic rings. The molecule has 0 atom stereocenters. The lowest BCUT2D eigenvalue weighted by atomic mass is 10.1. The Balaban J connectivity index is 2.08. The fourth-order valence-electron chi connectivity index (χ4n) is 2.36. The van der Waals surface area contributed by atoms with E-state index in [2.05, 4.69) is 15.4 Å². The lowest BCUT2D eigenvalue weighted by molar-refractivity contribution is 0.0914. The molecule has 2 aromatic heterocycles. The van der Waals surface area contributed by atoms with Crippen LogP contribution in [0.5, 0.6) is 0 Å². The van der Waals surface area contributed by atoms with Gasteiger partial charge in [-0.2, -0.15) is 5.10 Å². The maximum Gasteiger partial charge on any atom is 0.272 e. The number of nitrogens with zero attached hydrogens (tertiary/aromatic N) is 3. The first-order chi connectivity index (χ1) is 11.4. The minimum Gasteiger partial charge on any atom is -0.346 e. The van der Waals surface area contributed by atoms with Crippen LogP contribution >= 0.6 is 0 Å². The van der Waals surface area contributed by atoms with Gasteiger partial charge in [-0.25, -0.2) is 9.67 Å². The summed E-state index contributed by atoms with van der Waals surface area (Å²) >= 11 is 0. The van der Waals surface area contributed by atoms with E-state index >= 15 is 0 Å². The molecule has 0 aliphatic carbocycles. The topological polar surface area (TPSA) is 59.8 Å². The summed E-state index contributed by atoms with van der Waals surface area (Å²) in [4.78, 5) is 16.8. The lowest BCUT2D eigenvalue weighted by Crippen LogP contribution is -2.40. The van der Waals surface area contributed by atoms with Gasteiger partial charge in [0.15, 0.2) is 11.5 Å². The zero-order valence-electron chi connectivity index (χ0n) is 14.0. The maximum absolute atomic E-state index is 12.5. The van der Waals surface area contributed by atoms with Crippen LogP contribution in [0.25, 0.3) is 17.1 Å². The number of nitrogens with one attached hydrogen (secondary N) is 1. The lowest BCUT2D eigenvalue weighted by Gasteiger charge is -2.19. The Morgan fingerprint density at radius 3 is 2.38 bits per heavy atom. The first kappa shape index (κ1) is 15.9. The molecule has 3 rings (SSSR count). The second-order valence-electron chi connectivity index (χ2n) is 6.58. The highest BCUT2D eigenvalue weighted by Gasteiger charge is 2.20. The maximum atomic E-state index is 12.5. The molecular weight excluding hydrogens is 300 g/mol. The zero-order chi connectivity index (χ0) is 17.2. The van der Waals surface area contributed by atoms with E-state index in [1.54, 1.807) is 16.9 Å². The van der Waals surface area contributed by atoms with Crippen molar-refractivity contribution in [3.8, 4) is 17.1 Å². The van der Waals surface area contributed by atoms with E-state index in [0.717, 1.165) is 11.3 Å². The van der Waals surface area contributed by atoms with Gasteiger partial charge in [-0.3, -0.25) is 4.79 Å². The van der Waals surface area contributed by atoms with E-state index in [1.165, 1.54) is 0 Å². The predicted octanol–water partition coefficient (Wildman–Crippen LogP) is 3.46. The van der Waals surface area contributed by atoms with Crippen LogP contribution in [0.2, 0.25) is 0 Å². The van der Waals surface area contributed by atoms with Crippen LogP contribution in [0.1, 0.15) is 31.3 Å². The van der Waals surface area contributed by atoms with Crippen molar-refractivity contribution in [2.24, 2.45) is 0 Å². The monoisotopic (exact) mass is 320 g/mol. The standard InChI is InChI=1S/C19H20N4O/c1-19(2,3)21-18(24)15-13-16(14-9-5-4-6-10-14)23(22-15)17-11-7-8-12-20-17/h4-13H,1-3H3,(H,21,24). The van der Waals surface area contributed by atoms with Crippen LogP contribution in [0, 0.1) is 0 Å². The molecule has 0 spiro atoms. The summed E-state index contributed by atoms with van der Waals surface area (Å²) in [5, 5.41) is 7.43. The quantitative estimate of drug-likeness (QED) is 0.804. The van der Waals surface area contributed by atoms with E-state index in [0.29, 0.717) is 11.5 Å². The predicted molar refractivity (Wildman–Crippen MR) is 94.0 cm³/mol. The molecule has 5 nitrogen and oxygen atoms in total. The number of carbonyl (C=O) groups is 1. The summed E-state index contributed by atoms with van der Waals surface area (Å²) < 4.78 is 1.70. The van der Waals surface area contributed by atoms with Crippen molar-refractivity contribution < 1.29 is 4.79 Å². The van der Waals surface area contributed by atoms with Gasteiger partial charge in [0.2, 0.25) is 0 Å². The third kappa shape index (κ3) is 3.51. The molecule has 0 unspecified atom stereocenters. The number of carbonyl (C=O) groups excluding carboxylic acids is 1. The largest absolute Gasteiger partial charge is 0.346 e. The summed E-state index contributed by atoms with van der Waals surface area (Å²) in [5.74, 6) is 0.473. The molecular formula is C19H20N4O. The summed E-state index contributed by atoms with van der Waals surface area (Å²) in [5.41, 5.74) is 1.85. The Morgan fingerprint density at radius 2 is 1.75 bits per heavy atom. The van der Waals surface area contributed by atoms with Gasteiger partial charge in [0.1, 0.15) is 0 Å². The molecule has 0 fully saturated rings. The van der Waals surface area contributed by atoms with E-state index in [4.69, 9.17) is 0 Å².